The SMILES string of the molecule is COC(=O)[N+]1(NS(=O)(=O)Cl)CCCCC1. The number of quaternary nitrogens is 1. The number of likely N-dealkylation sites (tertiary alicyclic amines) is 1. The number of carbonyl (C=O) groups excluding carboxylic acids is 1. The van der Waals surface area contributed by atoms with Crippen molar-refractivity contribution in [2.75, 3.05) is 20.2 Å². The van der Waals surface area contributed by atoms with E-state index in [1.54, 1.807) is 0 Å². The van der Waals surface area contributed by atoms with Gasteiger partial charge in [-0.25, -0.2) is 0 Å². The van der Waals surface area contributed by atoms with Gasteiger partial charge in [-0.1, -0.05) is 0 Å². The Bertz CT molecular complexity index is 337. The molecule has 1 N–H and O–H groups in total. The third kappa shape index (κ3) is 3.30. The largest absolute Gasteiger partial charge is 0.536 e. The molecule has 1 aliphatic rings. The van der Waals surface area contributed by atoms with Gasteiger partial charge in [0.2, 0.25) is 0 Å². The molecule has 0 saturated carbocycles. The molecule has 0 aromatic carbocycles. The van der Waals surface area contributed by atoms with Crippen molar-refractivity contribution in [3.8, 4) is 0 Å². The summed E-state index contributed by atoms with van der Waals surface area (Å²) in [5, 5.41) is 0. The van der Waals surface area contributed by atoms with E-state index in [1.165, 1.54) is 7.11 Å². The van der Waals surface area contributed by atoms with Gasteiger partial charge in [0.1, 0.15) is 13.1 Å². The summed E-state index contributed by atoms with van der Waals surface area (Å²) in [6.45, 7) is 0.747. The number of piperidine rings is 1. The summed E-state index contributed by atoms with van der Waals surface area (Å²) in [5.74, 6) is 0. The summed E-state index contributed by atoms with van der Waals surface area (Å²) in [6, 6.07) is 0. The lowest BCUT2D eigenvalue weighted by molar-refractivity contribution is -0.891. The Balaban J connectivity index is 2.90. The Labute approximate surface area is 93.3 Å². The molecule has 0 atom stereocenters. The van der Waals surface area contributed by atoms with E-state index in [-0.39, 0.29) is 0 Å². The van der Waals surface area contributed by atoms with Crippen molar-refractivity contribution in [1.82, 2.24) is 4.83 Å². The number of hydrogen-bond donors (Lipinski definition) is 1. The van der Waals surface area contributed by atoms with Gasteiger partial charge < -0.3 is 4.74 Å². The maximum Gasteiger partial charge on any atom is 0.536 e. The van der Waals surface area contributed by atoms with Gasteiger partial charge in [0.05, 0.1) is 7.11 Å². The smallest absolute Gasteiger partial charge is 0.422 e. The number of rotatable bonds is 2. The number of nitrogens with one attached hydrogen (secondary N) is 1. The van der Waals surface area contributed by atoms with Crippen LogP contribution in [0.5, 0.6) is 0 Å². The summed E-state index contributed by atoms with van der Waals surface area (Å²) in [5.41, 5.74) is 0. The molecule has 88 valence electrons. The van der Waals surface area contributed by atoms with Crippen LogP contribution in [0.4, 0.5) is 4.79 Å². The van der Waals surface area contributed by atoms with Crippen molar-refractivity contribution in [2.45, 2.75) is 19.3 Å². The number of hydrogen-bond acceptors (Lipinski definition) is 4. The predicted molar refractivity (Wildman–Crippen MR) is 54.2 cm³/mol. The van der Waals surface area contributed by atoms with Gasteiger partial charge in [-0.2, -0.15) is 13.2 Å². The fourth-order valence-electron chi connectivity index (χ4n) is 1.75. The van der Waals surface area contributed by atoms with Crippen molar-refractivity contribution in [3.63, 3.8) is 0 Å². The Morgan fingerprint density at radius 2 is 1.87 bits per heavy atom. The molecule has 1 heterocycles. The molecule has 0 radical (unpaired) electrons. The van der Waals surface area contributed by atoms with Crippen molar-refractivity contribution in [3.05, 3.63) is 0 Å². The number of amides is 1. The zero-order chi connectivity index (χ0) is 11.5. The van der Waals surface area contributed by atoms with Crippen LogP contribution < -0.4 is 4.83 Å². The van der Waals surface area contributed by atoms with Crippen LogP contribution in [0.15, 0.2) is 0 Å². The Morgan fingerprint density at radius 1 is 1.33 bits per heavy atom. The molecular formula is C7H14ClN2O4S+. The lowest BCUT2D eigenvalue weighted by Gasteiger charge is -2.34. The van der Waals surface area contributed by atoms with Crippen molar-refractivity contribution < 1.29 is 22.5 Å². The monoisotopic (exact) mass is 257 g/mol. The molecule has 1 saturated heterocycles. The first-order chi connectivity index (χ1) is 6.90. The summed E-state index contributed by atoms with van der Waals surface area (Å²) in [7, 11) is 2.37. The summed E-state index contributed by atoms with van der Waals surface area (Å²) >= 11 is 0. The lowest BCUT2D eigenvalue weighted by atomic mass is 10.1. The Kier molecular flexibility index (Phi) is 3.93. The van der Waals surface area contributed by atoms with Crippen molar-refractivity contribution in [1.29, 1.82) is 0 Å². The Morgan fingerprint density at radius 3 is 2.27 bits per heavy atom. The van der Waals surface area contributed by atoms with Crippen LogP contribution in [0.2, 0.25) is 0 Å². The molecule has 0 spiro atoms. The maximum atomic E-state index is 11.5. The van der Waals surface area contributed by atoms with E-state index in [4.69, 9.17) is 10.7 Å². The third-order valence-electron chi connectivity index (χ3n) is 2.39. The molecule has 0 aliphatic carbocycles. The van der Waals surface area contributed by atoms with Gasteiger partial charge in [-0.05, 0) is 24.1 Å². The summed E-state index contributed by atoms with van der Waals surface area (Å²) in [4.78, 5) is 13.7. The number of halogens is 1. The predicted octanol–water partition coefficient (Wildman–Crippen LogP) is 0.742. The van der Waals surface area contributed by atoms with E-state index < -0.39 is 19.9 Å². The van der Waals surface area contributed by atoms with Crippen LogP contribution in [0, 0.1) is 0 Å². The lowest BCUT2D eigenvalue weighted by Crippen LogP contribution is -2.64. The zero-order valence-electron chi connectivity index (χ0n) is 8.40. The molecule has 0 aromatic rings. The highest BCUT2D eigenvalue weighted by Gasteiger charge is 2.43. The van der Waals surface area contributed by atoms with E-state index in [0.717, 1.165) is 19.3 Å². The van der Waals surface area contributed by atoms with E-state index in [0.29, 0.717) is 13.1 Å². The van der Waals surface area contributed by atoms with Crippen LogP contribution in [-0.2, 0) is 14.0 Å². The van der Waals surface area contributed by atoms with E-state index >= 15 is 0 Å². The molecule has 0 bridgehead atoms. The van der Waals surface area contributed by atoms with Gasteiger partial charge >= 0.3 is 15.3 Å². The number of ether oxygens (including phenoxy) is 1. The summed E-state index contributed by atoms with van der Waals surface area (Å²) < 4.78 is 26.1. The van der Waals surface area contributed by atoms with Crippen LogP contribution in [-0.4, -0.2) is 39.3 Å². The first-order valence-electron chi connectivity index (χ1n) is 4.59. The molecule has 0 unspecified atom stereocenters. The van der Waals surface area contributed by atoms with Gasteiger partial charge in [0.25, 0.3) is 0 Å². The minimum Gasteiger partial charge on any atom is -0.422 e. The highest BCUT2D eigenvalue weighted by Crippen LogP contribution is 2.19. The topological polar surface area (TPSA) is 72.5 Å². The highest BCUT2D eigenvalue weighted by molar-refractivity contribution is 8.12. The quantitative estimate of drug-likeness (QED) is 0.585. The minimum absolute atomic E-state index is 0.374. The average molecular weight is 258 g/mol. The number of carbonyl (C=O) groups is 1. The minimum atomic E-state index is -3.94. The molecule has 15 heavy (non-hydrogen) atoms. The molecule has 0 aromatic heterocycles. The molecule has 1 amide bonds. The molecule has 8 heteroatoms. The van der Waals surface area contributed by atoms with Gasteiger partial charge in [0.15, 0.2) is 0 Å². The fraction of sp³-hybridized carbons (Fsp3) is 0.857. The third-order valence-corrected chi connectivity index (χ3v) is 3.16. The second kappa shape index (κ2) is 4.65. The second-order valence-corrected chi connectivity index (χ2v) is 5.75. The number of methoxy groups -OCH3 is 1. The average Bonchev–Trinajstić information content (AvgIpc) is 2.15. The molecule has 1 aliphatic heterocycles. The van der Waals surface area contributed by atoms with Gasteiger partial charge in [0, 0.05) is 10.7 Å². The van der Waals surface area contributed by atoms with Crippen LogP contribution >= 0.6 is 10.7 Å². The van der Waals surface area contributed by atoms with Crippen LogP contribution in [0.25, 0.3) is 0 Å². The molecule has 1 rings (SSSR count). The highest BCUT2D eigenvalue weighted by atomic mass is 35.7. The van der Waals surface area contributed by atoms with E-state index in [1.807, 2.05) is 0 Å². The molecule has 1 fully saturated rings. The van der Waals surface area contributed by atoms with Crippen molar-refractivity contribution >= 4 is 26.0 Å². The van der Waals surface area contributed by atoms with Gasteiger partial charge in [-0.15, -0.1) is 4.59 Å². The van der Waals surface area contributed by atoms with E-state index in [2.05, 4.69) is 9.57 Å². The zero-order valence-corrected chi connectivity index (χ0v) is 9.97. The fourth-order valence-corrected chi connectivity index (χ4v) is 2.82. The van der Waals surface area contributed by atoms with Crippen molar-refractivity contribution in [2.24, 2.45) is 0 Å². The first kappa shape index (κ1) is 12.7. The summed E-state index contributed by atoms with van der Waals surface area (Å²) in [6.07, 6.45) is 1.86. The number of nitrogens with zero attached hydrogens (tertiary/aromatic N) is 1. The standard InChI is InChI=1S/C7H14ClN2O4S/c1-14-7(11)10(9-15(8,12)13)5-3-2-4-6-10/h9H,2-6H2,1H3/q+1. The molecular weight excluding hydrogens is 244 g/mol. The second-order valence-electron chi connectivity index (χ2n) is 3.47. The maximum absolute atomic E-state index is 11.5. The first-order valence-corrected chi connectivity index (χ1v) is 6.90. The van der Waals surface area contributed by atoms with Crippen LogP contribution in [0.1, 0.15) is 19.3 Å². The van der Waals surface area contributed by atoms with Gasteiger partial charge in [-0.3, -0.25) is 0 Å². The van der Waals surface area contributed by atoms with E-state index in [9.17, 15) is 13.2 Å². The Hall–Kier alpha value is -0.370. The normalized spacial score (nSPS) is 20.9. The molecule has 6 nitrogen and oxygen atoms in total. The van der Waals surface area contributed by atoms with Crippen LogP contribution in [0.3, 0.4) is 0 Å².